The first-order chi connectivity index (χ1) is 10.8. The second-order valence-electron chi connectivity index (χ2n) is 5.48. The molecule has 0 bridgehead atoms. The van der Waals surface area contributed by atoms with E-state index in [9.17, 15) is 0 Å². The Balaban J connectivity index is 1.82. The summed E-state index contributed by atoms with van der Waals surface area (Å²) in [6.45, 7) is 7.55. The molecule has 5 nitrogen and oxygen atoms in total. The largest absolute Gasteiger partial charge is 0.379 e. The van der Waals surface area contributed by atoms with Gasteiger partial charge in [0.2, 0.25) is 0 Å². The zero-order valence-electron chi connectivity index (χ0n) is 13.2. The van der Waals surface area contributed by atoms with E-state index in [0.717, 1.165) is 51.6 Å². The zero-order valence-corrected chi connectivity index (χ0v) is 13.2. The fourth-order valence-corrected chi connectivity index (χ4v) is 2.53. The van der Waals surface area contributed by atoms with Crippen LogP contribution in [-0.4, -0.2) is 50.1 Å². The molecule has 0 aliphatic carbocycles. The molecule has 0 spiro atoms. The number of nitriles is 1. The smallest absolute Gasteiger partial charge is 0.182 e. The van der Waals surface area contributed by atoms with E-state index in [1.54, 1.807) is 0 Å². The summed E-state index contributed by atoms with van der Waals surface area (Å²) in [5, 5.41) is 11.6. The van der Waals surface area contributed by atoms with E-state index < -0.39 is 0 Å². The van der Waals surface area contributed by atoms with Crippen molar-refractivity contribution in [1.29, 1.82) is 5.26 Å². The van der Waals surface area contributed by atoms with Crippen LogP contribution in [0.25, 0.3) is 0 Å². The molecule has 1 heterocycles. The van der Waals surface area contributed by atoms with Gasteiger partial charge < -0.3 is 4.74 Å². The zero-order chi connectivity index (χ0) is 15.6. The maximum absolute atomic E-state index is 8.88. The van der Waals surface area contributed by atoms with E-state index in [1.165, 1.54) is 11.1 Å². The standard InChI is InChI=1S/C17H24N4O/c1-15-5-2-3-6-16(15)13-17(20-14-18)19-7-4-8-21-9-11-22-12-10-21/h2-3,5-6H,4,7-13H2,1H3,(H,19,20). The van der Waals surface area contributed by atoms with Crippen molar-refractivity contribution < 1.29 is 4.74 Å². The molecule has 5 heteroatoms. The van der Waals surface area contributed by atoms with Crippen LogP contribution in [0.3, 0.4) is 0 Å². The van der Waals surface area contributed by atoms with Gasteiger partial charge in [0, 0.05) is 32.6 Å². The van der Waals surface area contributed by atoms with Gasteiger partial charge in [0.25, 0.3) is 0 Å². The average Bonchev–Trinajstić information content (AvgIpc) is 2.55. The summed E-state index contributed by atoms with van der Waals surface area (Å²) in [5.74, 6) is 0.749. The highest BCUT2D eigenvalue weighted by Crippen LogP contribution is 2.08. The predicted octanol–water partition coefficient (Wildman–Crippen LogP) is 1.73. The van der Waals surface area contributed by atoms with Gasteiger partial charge in [-0.05, 0) is 24.5 Å². The third kappa shape index (κ3) is 5.47. The Kier molecular flexibility index (Phi) is 6.88. The van der Waals surface area contributed by atoms with Gasteiger partial charge in [-0.3, -0.25) is 15.2 Å². The first-order valence-electron chi connectivity index (χ1n) is 7.82. The third-order valence-corrected chi connectivity index (χ3v) is 3.86. The number of hydrogen-bond donors (Lipinski definition) is 1. The van der Waals surface area contributed by atoms with Crippen LogP contribution in [0.15, 0.2) is 29.3 Å². The lowest BCUT2D eigenvalue weighted by Gasteiger charge is -2.26. The van der Waals surface area contributed by atoms with E-state index in [0.29, 0.717) is 6.42 Å². The first-order valence-corrected chi connectivity index (χ1v) is 7.82. The molecule has 1 aliphatic heterocycles. The number of aliphatic imine (C=N–C) groups is 1. The van der Waals surface area contributed by atoms with Gasteiger partial charge in [-0.2, -0.15) is 5.26 Å². The lowest BCUT2D eigenvalue weighted by molar-refractivity contribution is 0.0377. The van der Waals surface area contributed by atoms with Crippen LogP contribution in [0.5, 0.6) is 0 Å². The maximum Gasteiger partial charge on any atom is 0.182 e. The van der Waals surface area contributed by atoms with Gasteiger partial charge >= 0.3 is 0 Å². The highest BCUT2D eigenvalue weighted by molar-refractivity contribution is 5.85. The van der Waals surface area contributed by atoms with Crippen molar-refractivity contribution in [2.75, 3.05) is 39.4 Å². The number of rotatable bonds is 6. The van der Waals surface area contributed by atoms with Crippen LogP contribution in [-0.2, 0) is 11.2 Å². The lowest BCUT2D eigenvalue weighted by atomic mass is 10.1. The molecule has 1 aliphatic rings. The number of amidine groups is 1. The van der Waals surface area contributed by atoms with E-state index in [1.807, 2.05) is 18.3 Å². The third-order valence-electron chi connectivity index (χ3n) is 3.86. The van der Waals surface area contributed by atoms with E-state index >= 15 is 0 Å². The van der Waals surface area contributed by atoms with Gasteiger partial charge in [0.05, 0.1) is 13.2 Å². The maximum atomic E-state index is 8.88. The van der Waals surface area contributed by atoms with Crippen molar-refractivity contribution in [3.8, 4) is 6.19 Å². The Morgan fingerprint density at radius 3 is 2.86 bits per heavy atom. The normalized spacial score (nSPS) is 16.3. The van der Waals surface area contributed by atoms with E-state index in [2.05, 4.69) is 34.3 Å². The fourth-order valence-electron chi connectivity index (χ4n) is 2.53. The summed E-state index contributed by atoms with van der Waals surface area (Å²) in [6, 6.07) is 8.20. The number of ether oxygens (including phenoxy) is 1. The Bertz CT molecular complexity index is 530. The first kappa shape index (κ1) is 16.5. The molecule has 1 aromatic rings. The molecule has 0 aromatic heterocycles. The number of benzene rings is 1. The minimum absolute atomic E-state index is 0.678. The topological polar surface area (TPSA) is 60.6 Å². The molecule has 2 rings (SSSR count). The van der Waals surface area contributed by atoms with Crippen molar-refractivity contribution in [3.05, 3.63) is 35.4 Å². The second kappa shape index (κ2) is 9.19. The Morgan fingerprint density at radius 1 is 1.36 bits per heavy atom. The lowest BCUT2D eigenvalue weighted by Crippen LogP contribution is -2.37. The molecule has 0 saturated carbocycles. The summed E-state index contributed by atoms with van der Waals surface area (Å²) in [7, 11) is 0. The fraction of sp³-hybridized carbons (Fsp3) is 0.529. The molecule has 22 heavy (non-hydrogen) atoms. The van der Waals surface area contributed by atoms with E-state index in [4.69, 9.17) is 10.00 Å². The summed E-state index contributed by atoms with van der Waals surface area (Å²) >= 11 is 0. The summed E-state index contributed by atoms with van der Waals surface area (Å²) in [6.07, 6.45) is 3.67. The van der Waals surface area contributed by atoms with Crippen molar-refractivity contribution >= 4 is 5.84 Å². The molecule has 1 N–H and O–H groups in total. The summed E-state index contributed by atoms with van der Waals surface area (Å²) < 4.78 is 5.34. The van der Waals surface area contributed by atoms with E-state index in [-0.39, 0.29) is 0 Å². The number of nitrogens with one attached hydrogen (secondary N) is 1. The SMILES string of the molecule is Cc1ccccc1CC(=NCCCN1CCOCC1)NC#N. The molecule has 0 amide bonds. The van der Waals surface area contributed by atoms with Gasteiger partial charge in [-0.25, -0.2) is 0 Å². The minimum atomic E-state index is 0.678. The molecule has 0 radical (unpaired) electrons. The highest BCUT2D eigenvalue weighted by Gasteiger charge is 2.09. The molecule has 1 aromatic carbocycles. The molecule has 1 fully saturated rings. The second-order valence-corrected chi connectivity index (χ2v) is 5.48. The van der Waals surface area contributed by atoms with Crippen molar-refractivity contribution in [2.45, 2.75) is 19.8 Å². The van der Waals surface area contributed by atoms with Crippen LogP contribution in [0, 0.1) is 18.4 Å². The minimum Gasteiger partial charge on any atom is -0.379 e. The van der Waals surface area contributed by atoms with Gasteiger partial charge in [-0.1, -0.05) is 24.3 Å². The van der Waals surface area contributed by atoms with Gasteiger partial charge in [0.1, 0.15) is 5.84 Å². The Labute approximate surface area is 132 Å². The molecule has 0 atom stereocenters. The number of hydrogen-bond acceptors (Lipinski definition) is 4. The van der Waals surface area contributed by atoms with Crippen LogP contribution in [0.2, 0.25) is 0 Å². The van der Waals surface area contributed by atoms with Crippen LogP contribution in [0.4, 0.5) is 0 Å². The Hall–Kier alpha value is -1.90. The van der Waals surface area contributed by atoms with Gasteiger partial charge in [0.15, 0.2) is 6.19 Å². The van der Waals surface area contributed by atoms with Crippen molar-refractivity contribution in [3.63, 3.8) is 0 Å². The Morgan fingerprint density at radius 2 is 2.14 bits per heavy atom. The summed E-state index contributed by atoms with van der Waals surface area (Å²) in [4.78, 5) is 6.96. The van der Waals surface area contributed by atoms with Crippen molar-refractivity contribution in [1.82, 2.24) is 10.2 Å². The molecule has 118 valence electrons. The average molecular weight is 300 g/mol. The van der Waals surface area contributed by atoms with Crippen LogP contribution in [0.1, 0.15) is 17.5 Å². The number of morpholine rings is 1. The highest BCUT2D eigenvalue weighted by atomic mass is 16.5. The van der Waals surface area contributed by atoms with Crippen molar-refractivity contribution in [2.24, 2.45) is 4.99 Å². The summed E-state index contributed by atoms with van der Waals surface area (Å²) in [5.41, 5.74) is 2.43. The van der Waals surface area contributed by atoms with Crippen LogP contribution < -0.4 is 5.32 Å². The molecular formula is C17H24N4O. The molecular weight excluding hydrogens is 276 g/mol. The van der Waals surface area contributed by atoms with Gasteiger partial charge in [-0.15, -0.1) is 0 Å². The monoisotopic (exact) mass is 300 g/mol. The molecule has 0 unspecified atom stereocenters. The quantitative estimate of drug-likeness (QED) is 0.286. The number of aryl methyl sites for hydroxylation is 1. The van der Waals surface area contributed by atoms with Crippen LogP contribution >= 0.6 is 0 Å². The molecule has 1 saturated heterocycles. The number of nitrogens with zero attached hydrogens (tertiary/aromatic N) is 3. The predicted molar refractivity (Wildman–Crippen MR) is 87.8 cm³/mol.